The van der Waals surface area contributed by atoms with Crippen LogP contribution in [0.4, 0.5) is 5.69 Å². The molecule has 0 amide bonds. The first kappa shape index (κ1) is 14.0. The van der Waals surface area contributed by atoms with Crippen LogP contribution in [0.15, 0.2) is 18.2 Å². The highest BCUT2D eigenvalue weighted by atomic mass is 16.5. The average molecular weight is 264 g/mol. The molecule has 1 aliphatic carbocycles. The molecule has 1 aromatic rings. The summed E-state index contributed by atoms with van der Waals surface area (Å²) in [4.78, 5) is 2.24. The van der Waals surface area contributed by atoms with E-state index in [4.69, 9.17) is 15.2 Å². The molecule has 0 spiro atoms. The lowest BCUT2D eigenvalue weighted by atomic mass is 9.68. The molecule has 4 heteroatoms. The van der Waals surface area contributed by atoms with Crippen molar-refractivity contribution in [2.75, 3.05) is 39.3 Å². The van der Waals surface area contributed by atoms with Gasteiger partial charge in [-0.1, -0.05) is 6.42 Å². The second-order valence-electron chi connectivity index (χ2n) is 5.45. The first-order valence-electron chi connectivity index (χ1n) is 6.77. The Hall–Kier alpha value is -1.42. The summed E-state index contributed by atoms with van der Waals surface area (Å²) in [6, 6.07) is 5.92. The summed E-state index contributed by atoms with van der Waals surface area (Å²) in [5.41, 5.74) is 7.31. The first-order valence-corrected chi connectivity index (χ1v) is 6.77. The Bertz CT molecular complexity index is 425. The Morgan fingerprint density at radius 3 is 2.47 bits per heavy atom. The van der Waals surface area contributed by atoms with Gasteiger partial charge in [0.25, 0.3) is 0 Å². The van der Waals surface area contributed by atoms with Gasteiger partial charge in [0.15, 0.2) is 0 Å². The van der Waals surface area contributed by atoms with E-state index in [2.05, 4.69) is 11.9 Å². The molecule has 4 nitrogen and oxygen atoms in total. The van der Waals surface area contributed by atoms with E-state index in [-0.39, 0.29) is 0 Å². The van der Waals surface area contributed by atoms with Crippen LogP contribution in [0, 0.1) is 5.41 Å². The standard InChI is InChI=1S/C15H24N2O2/c1-17(11-15(10-16)7-4-8-15)13-6-5-12(18-2)9-14(13)19-3/h5-6,9H,4,7-8,10-11,16H2,1-3H3. The Labute approximate surface area is 115 Å². The molecule has 1 saturated carbocycles. The number of nitrogens with two attached hydrogens (primary N) is 1. The fraction of sp³-hybridized carbons (Fsp3) is 0.600. The van der Waals surface area contributed by atoms with Crippen LogP contribution in [-0.4, -0.2) is 34.4 Å². The maximum atomic E-state index is 5.93. The molecule has 0 heterocycles. The highest BCUT2D eigenvalue weighted by Crippen LogP contribution is 2.42. The lowest BCUT2D eigenvalue weighted by Crippen LogP contribution is -2.46. The summed E-state index contributed by atoms with van der Waals surface area (Å²) in [6.07, 6.45) is 3.75. The minimum atomic E-state index is 0.291. The SMILES string of the molecule is COc1ccc(N(C)CC2(CN)CCC2)c(OC)c1. The molecule has 106 valence electrons. The second kappa shape index (κ2) is 5.70. The minimum absolute atomic E-state index is 0.291. The van der Waals surface area contributed by atoms with Crippen molar-refractivity contribution in [2.45, 2.75) is 19.3 Å². The van der Waals surface area contributed by atoms with Gasteiger partial charge in [-0.2, -0.15) is 0 Å². The average Bonchev–Trinajstić information content (AvgIpc) is 2.41. The topological polar surface area (TPSA) is 47.7 Å². The van der Waals surface area contributed by atoms with Gasteiger partial charge in [0.05, 0.1) is 19.9 Å². The zero-order valence-electron chi connectivity index (χ0n) is 12.1. The molecule has 0 aromatic heterocycles. The van der Waals surface area contributed by atoms with Crippen LogP contribution < -0.4 is 20.1 Å². The molecule has 0 unspecified atom stereocenters. The summed E-state index contributed by atoms with van der Waals surface area (Å²) in [6.45, 7) is 1.74. The Morgan fingerprint density at radius 1 is 1.26 bits per heavy atom. The number of ether oxygens (including phenoxy) is 2. The van der Waals surface area contributed by atoms with Gasteiger partial charge in [-0.25, -0.2) is 0 Å². The highest BCUT2D eigenvalue weighted by Gasteiger charge is 2.36. The number of hydrogen-bond acceptors (Lipinski definition) is 4. The molecule has 0 bridgehead atoms. The number of methoxy groups -OCH3 is 2. The minimum Gasteiger partial charge on any atom is -0.497 e. The zero-order valence-corrected chi connectivity index (χ0v) is 12.1. The third-order valence-corrected chi connectivity index (χ3v) is 4.22. The molecule has 1 fully saturated rings. The maximum absolute atomic E-state index is 5.93. The van der Waals surface area contributed by atoms with Crippen molar-refractivity contribution in [3.05, 3.63) is 18.2 Å². The highest BCUT2D eigenvalue weighted by molar-refractivity contribution is 5.60. The normalized spacial score (nSPS) is 16.6. The molecule has 0 saturated heterocycles. The number of hydrogen-bond donors (Lipinski definition) is 1. The fourth-order valence-corrected chi connectivity index (χ4v) is 2.79. The van der Waals surface area contributed by atoms with Crippen molar-refractivity contribution in [1.29, 1.82) is 0 Å². The van der Waals surface area contributed by atoms with E-state index in [1.807, 2.05) is 18.2 Å². The van der Waals surface area contributed by atoms with Crippen LogP contribution in [0.3, 0.4) is 0 Å². The number of nitrogens with zero attached hydrogens (tertiary/aromatic N) is 1. The van der Waals surface area contributed by atoms with Crippen LogP contribution in [-0.2, 0) is 0 Å². The van der Waals surface area contributed by atoms with Gasteiger partial charge in [-0.15, -0.1) is 0 Å². The summed E-state index contributed by atoms with van der Waals surface area (Å²) in [5.74, 6) is 1.65. The Balaban J connectivity index is 2.16. The zero-order chi connectivity index (χ0) is 13.9. The number of anilines is 1. The van der Waals surface area contributed by atoms with E-state index < -0.39 is 0 Å². The van der Waals surface area contributed by atoms with Crippen LogP contribution in [0.5, 0.6) is 11.5 Å². The Kier molecular flexibility index (Phi) is 4.20. The monoisotopic (exact) mass is 264 g/mol. The van der Waals surface area contributed by atoms with Crippen molar-refractivity contribution in [3.63, 3.8) is 0 Å². The molecule has 0 aliphatic heterocycles. The van der Waals surface area contributed by atoms with Gasteiger partial charge in [-0.05, 0) is 31.5 Å². The molecule has 19 heavy (non-hydrogen) atoms. The Morgan fingerprint density at radius 2 is 2.00 bits per heavy atom. The largest absolute Gasteiger partial charge is 0.497 e. The molecule has 2 rings (SSSR count). The van der Waals surface area contributed by atoms with Crippen molar-refractivity contribution in [3.8, 4) is 11.5 Å². The van der Waals surface area contributed by atoms with Gasteiger partial charge in [-0.3, -0.25) is 0 Å². The molecular weight excluding hydrogens is 240 g/mol. The fourth-order valence-electron chi connectivity index (χ4n) is 2.79. The van der Waals surface area contributed by atoms with Gasteiger partial charge < -0.3 is 20.1 Å². The summed E-state index contributed by atoms with van der Waals surface area (Å²) in [7, 11) is 5.45. The van der Waals surface area contributed by atoms with Crippen molar-refractivity contribution in [2.24, 2.45) is 11.1 Å². The van der Waals surface area contributed by atoms with E-state index in [0.717, 1.165) is 30.3 Å². The summed E-state index contributed by atoms with van der Waals surface area (Å²) in [5, 5.41) is 0. The van der Waals surface area contributed by atoms with Crippen LogP contribution in [0.1, 0.15) is 19.3 Å². The van der Waals surface area contributed by atoms with Crippen molar-refractivity contribution < 1.29 is 9.47 Å². The lowest BCUT2D eigenvalue weighted by Gasteiger charge is -2.44. The molecular formula is C15H24N2O2. The quantitative estimate of drug-likeness (QED) is 0.856. The molecule has 0 radical (unpaired) electrons. The van der Waals surface area contributed by atoms with Gasteiger partial charge in [0.1, 0.15) is 11.5 Å². The summed E-state index contributed by atoms with van der Waals surface area (Å²) >= 11 is 0. The second-order valence-corrected chi connectivity index (χ2v) is 5.45. The molecule has 0 atom stereocenters. The van der Waals surface area contributed by atoms with Gasteiger partial charge >= 0.3 is 0 Å². The third-order valence-electron chi connectivity index (χ3n) is 4.22. The van der Waals surface area contributed by atoms with Gasteiger partial charge in [0, 0.05) is 25.1 Å². The van der Waals surface area contributed by atoms with Crippen LogP contribution in [0.25, 0.3) is 0 Å². The first-order chi connectivity index (χ1) is 9.14. The van der Waals surface area contributed by atoms with Crippen LogP contribution >= 0.6 is 0 Å². The van der Waals surface area contributed by atoms with Crippen molar-refractivity contribution in [1.82, 2.24) is 0 Å². The van der Waals surface area contributed by atoms with E-state index in [1.165, 1.54) is 19.3 Å². The maximum Gasteiger partial charge on any atom is 0.145 e. The molecule has 1 aromatic carbocycles. The summed E-state index contributed by atoms with van der Waals surface area (Å²) < 4.78 is 10.7. The number of benzene rings is 1. The van der Waals surface area contributed by atoms with Crippen LogP contribution in [0.2, 0.25) is 0 Å². The van der Waals surface area contributed by atoms with Crippen molar-refractivity contribution >= 4 is 5.69 Å². The van der Waals surface area contributed by atoms with Gasteiger partial charge in [0.2, 0.25) is 0 Å². The third kappa shape index (κ3) is 2.78. The predicted octanol–water partition coefficient (Wildman–Crippen LogP) is 2.27. The molecule has 2 N–H and O–H groups in total. The van der Waals surface area contributed by atoms with E-state index in [0.29, 0.717) is 5.41 Å². The van der Waals surface area contributed by atoms with E-state index in [1.54, 1.807) is 14.2 Å². The predicted molar refractivity (Wildman–Crippen MR) is 78.2 cm³/mol. The smallest absolute Gasteiger partial charge is 0.145 e. The number of rotatable bonds is 6. The lowest BCUT2D eigenvalue weighted by molar-refractivity contribution is 0.154. The van der Waals surface area contributed by atoms with E-state index in [9.17, 15) is 0 Å². The van der Waals surface area contributed by atoms with E-state index >= 15 is 0 Å². The molecule has 1 aliphatic rings.